The van der Waals surface area contributed by atoms with Crippen LogP contribution < -0.4 is 0 Å². The zero-order valence-corrected chi connectivity index (χ0v) is 14.1. The van der Waals surface area contributed by atoms with Crippen molar-refractivity contribution < 1.29 is 33.4 Å². The third kappa shape index (κ3) is 5.13. The number of rotatable bonds is 8. The summed E-state index contributed by atoms with van der Waals surface area (Å²) in [6, 6.07) is 8.94. The van der Waals surface area contributed by atoms with Crippen LogP contribution in [0.1, 0.15) is 16.8 Å². The van der Waals surface area contributed by atoms with Crippen LogP contribution in [0.5, 0.6) is 0 Å². The lowest BCUT2D eigenvalue weighted by molar-refractivity contribution is -0.136. The van der Waals surface area contributed by atoms with Gasteiger partial charge in [-0.1, -0.05) is 24.3 Å². The maximum atomic E-state index is 13.8. The summed E-state index contributed by atoms with van der Waals surface area (Å²) in [5, 5.41) is 16.5. The molecule has 0 amide bonds. The van der Waals surface area contributed by atoms with E-state index in [9.17, 15) is 23.2 Å². The number of carbonyl (C=O) groups is 3. The molecule has 0 saturated carbocycles. The number of halogens is 2. The Bertz CT molecular complexity index is 836. The Morgan fingerprint density at radius 2 is 1.65 bits per heavy atom. The zero-order valence-electron chi connectivity index (χ0n) is 13.3. The lowest BCUT2D eigenvalue weighted by Gasteiger charge is -2.10. The Morgan fingerprint density at radius 3 is 2.19 bits per heavy atom. The lowest BCUT2D eigenvalue weighted by atomic mass is 10.0. The number of carboxylic acid groups (broad SMARTS) is 2. The molecule has 26 heavy (non-hydrogen) atoms. The minimum atomic E-state index is -1.27. The van der Waals surface area contributed by atoms with Crippen LogP contribution in [0.4, 0.5) is 8.78 Å². The number of carbonyl (C=O) groups excluding carboxylic acids is 1. The number of Topliss-reactive ketones (excluding diaryl/α,β-unsaturated/α-hetero) is 1. The van der Waals surface area contributed by atoms with Crippen LogP contribution in [0.15, 0.2) is 42.5 Å². The quantitative estimate of drug-likeness (QED) is 0.682. The van der Waals surface area contributed by atoms with E-state index in [2.05, 4.69) is 0 Å². The highest BCUT2D eigenvalue weighted by Crippen LogP contribution is 2.25. The zero-order chi connectivity index (χ0) is 19.3. The van der Waals surface area contributed by atoms with Gasteiger partial charge in [-0.25, -0.2) is 8.78 Å². The lowest BCUT2D eigenvalue weighted by Crippen LogP contribution is -2.22. The molecule has 0 aliphatic rings. The minimum absolute atomic E-state index is 0.172. The molecule has 0 heterocycles. The topological polar surface area (TPSA) is 91.7 Å². The number of hydrogen-bond donors (Lipinski definition) is 2. The Balaban J connectivity index is 2.12. The molecular formula is C18H14F2O5S. The number of aliphatic carboxylic acids is 2. The first kappa shape index (κ1) is 19.6. The van der Waals surface area contributed by atoms with E-state index in [1.807, 2.05) is 0 Å². The summed E-state index contributed by atoms with van der Waals surface area (Å²) in [5.41, 5.74) is 0.832. The molecule has 0 radical (unpaired) electrons. The van der Waals surface area contributed by atoms with E-state index in [0.717, 1.165) is 12.1 Å². The van der Waals surface area contributed by atoms with Crippen molar-refractivity contribution in [2.75, 3.05) is 5.75 Å². The first-order chi connectivity index (χ1) is 12.3. The van der Waals surface area contributed by atoms with Crippen LogP contribution >= 0.6 is 11.8 Å². The van der Waals surface area contributed by atoms with E-state index in [-0.39, 0.29) is 17.5 Å². The van der Waals surface area contributed by atoms with E-state index >= 15 is 0 Å². The number of thioether (sulfide) groups is 1. The van der Waals surface area contributed by atoms with Crippen LogP contribution in [0.2, 0.25) is 0 Å². The average Bonchev–Trinajstić information content (AvgIpc) is 2.58. The standard InChI is InChI=1S/C18H14F2O5S/c19-12-5-6-13(14(20)7-12)10-1-3-11(4-2-10)15(21)8-16(18(24)25)26-9-17(22)23/h1-7,16H,8-9H2,(H,22,23)(H,24,25)/t16-/m1/s1. The third-order valence-electron chi connectivity index (χ3n) is 3.50. The molecule has 2 aromatic rings. The van der Waals surface area contributed by atoms with Crippen molar-refractivity contribution in [1.29, 1.82) is 0 Å². The predicted octanol–water partition coefficient (Wildman–Crippen LogP) is 3.48. The van der Waals surface area contributed by atoms with Crippen molar-refractivity contribution in [2.45, 2.75) is 11.7 Å². The number of ketones is 1. The van der Waals surface area contributed by atoms with Gasteiger partial charge >= 0.3 is 11.9 Å². The van der Waals surface area contributed by atoms with E-state index in [0.29, 0.717) is 17.3 Å². The van der Waals surface area contributed by atoms with Crippen molar-refractivity contribution in [2.24, 2.45) is 0 Å². The van der Waals surface area contributed by atoms with Gasteiger partial charge in [-0.3, -0.25) is 14.4 Å². The first-order valence-corrected chi connectivity index (χ1v) is 8.47. The molecule has 2 N–H and O–H groups in total. The second kappa shape index (κ2) is 8.57. The third-order valence-corrected chi connectivity index (χ3v) is 4.69. The predicted molar refractivity (Wildman–Crippen MR) is 92.3 cm³/mol. The minimum Gasteiger partial charge on any atom is -0.481 e. The van der Waals surface area contributed by atoms with Crippen LogP contribution in [0.3, 0.4) is 0 Å². The summed E-state index contributed by atoms with van der Waals surface area (Å²) in [7, 11) is 0. The normalized spacial score (nSPS) is 11.8. The van der Waals surface area contributed by atoms with Gasteiger partial charge in [0, 0.05) is 23.6 Å². The van der Waals surface area contributed by atoms with Crippen molar-refractivity contribution in [3.8, 4) is 11.1 Å². The SMILES string of the molecule is O=C(O)CS[C@H](CC(=O)c1ccc(-c2ccc(F)cc2F)cc1)C(=O)O. The Kier molecular flexibility index (Phi) is 6.46. The second-order valence-electron chi connectivity index (χ2n) is 5.36. The molecule has 0 saturated heterocycles. The maximum Gasteiger partial charge on any atom is 0.317 e. The van der Waals surface area contributed by atoms with Gasteiger partial charge in [0.2, 0.25) is 0 Å². The highest BCUT2D eigenvalue weighted by molar-refractivity contribution is 8.01. The summed E-state index contributed by atoms with van der Waals surface area (Å²) in [5.74, 6) is -4.76. The number of benzene rings is 2. The van der Waals surface area contributed by atoms with Crippen LogP contribution in [0.25, 0.3) is 11.1 Å². The molecule has 0 aliphatic heterocycles. The molecular weight excluding hydrogens is 366 g/mol. The molecule has 0 aliphatic carbocycles. The molecule has 5 nitrogen and oxygen atoms in total. The van der Waals surface area contributed by atoms with Crippen LogP contribution in [0, 0.1) is 11.6 Å². The summed E-state index contributed by atoms with van der Waals surface area (Å²) < 4.78 is 26.7. The molecule has 0 spiro atoms. The Hall–Kier alpha value is -2.74. The summed E-state index contributed by atoms with van der Waals surface area (Å²) in [6.07, 6.45) is -0.364. The fourth-order valence-corrected chi connectivity index (χ4v) is 2.99. The maximum absolute atomic E-state index is 13.8. The molecule has 1 atom stereocenters. The number of carboxylic acids is 2. The molecule has 2 rings (SSSR count). The van der Waals surface area contributed by atoms with Gasteiger partial charge in [0.25, 0.3) is 0 Å². The van der Waals surface area contributed by atoms with E-state index in [1.165, 1.54) is 30.3 Å². The first-order valence-electron chi connectivity index (χ1n) is 7.43. The Labute approximate surface area is 151 Å². The van der Waals surface area contributed by atoms with Gasteiger partial charge in [0.1, 0.15) is 16.9 Å². The Morgan fingerprint density at radius 1 is 1.00 bits per heavy atom. The second-order valence-corrected chi connectivity index (χ2v) is 6.55. The molecule has 0 bridgehead atoms. The van der Waals surface area contributed by atoms with Gasteiger partial charge in [-0.2, -0.15) is 0 Å². The summed E-state index contributed by atoms with van der Waals surface area (Å²) >= 11 is 0.659. The molecule has 2 aromatic carbocycles. The highest BCUT2D eigenvalue weighted by Gasteiger charge is 2.23. The van der Waals surface area contributed by atoms with Crippen LogP contribution in [-0.2, 0) is 9.59 Å². The van der Waals surface area contributed by atoms with Crippen molar-refractivity contribution in [1.82, 2.24) is 0 Å². The van der Waals surface area contributed by atoms with E-state index in [4.69, 9.17) is 10.2 Å². The van der Waals surface area contributed by atoms with Crippen molar-refractivity contribution >= 4 is 29.5 Å². The largest absolute Gasteiger partial charge is 0.481 e. The fraction of sp³-hybridized carbons (Fsp3) is 0.167. The fourth-order valence-electron chi connectivity index (χ4n) is 2.23. The molecule has 0 unspecified atom stereocenters. The van der Waals surface area contributed by atoms with Gasteiger partial charge in [0.05, 0.1) is 5.75 Å². The monoisotopic (exact) mass is 380 g/mol. The number of hydrogen-bond acceptors (Lipinski definition) is 4. The van der Waals surface area contributed by atoms with Gasteiger partial charge in [-0.05, 0) is 17.7 Å². The molecule has 136 valence electrons. The smallest absolute Gasteiger partial charge is 0.317 e. The van der Waals surface area contributed by atoms with Crippen LogP contribution in [-0.4, -0.2) is 38.9 Å². The van der Waals surface area contributed by atoms with Gasteiger partial charge < -0.3 is 10.2 Å². The summed E-state index contributed by atoms with van der Waals surface area (Å²) in [6.45, 7) is 0. The van der Waals surface area contributed by atoms with Gasteiger partial charge in [-0.15, -0.1) is 11.8 Å². The van der Waals surface area contributed by atoms with E-state index < -0.39 is 40.4 Å². The molecule has 0 fully saturated rings. The van der Waals surface area contributed by atoms with Crippen molar-refractivity contribution in [3.05, 3.63) is 59.7 Å². The van der Waals surface area contributed by atoms with Crippen molar-refractivity contribution in [3.63, 3.8) is 0 Å². The highest BCUT2D eigenvalue weighted by atomic mass is 32.2. The van der Waals surface area contributed by atoms with Gasteiger partial charge in [0.15, 0.2) is 5.78 Å². The summed E-state index contributed by atoms with van der Waals surface area (Å²) in [4.78, 5) is 33.9. The molecule has 8 heteroatoms. The van der Waals surface area contributed by atoms with E-state index in [1.54, 1.807) is 0 Å². The molecule has 0 aromatic heterocycles. The average molecular weight is 380 g/mol.